The highest BCUT2D eigenvalue weighted by Gasteiger charge is 2.35. The number of carbonyl (C=O) groups excluding carboxylic acids is 3. The van der Waals surface area contributed by atoms with Gasteiger partial charge in [-0.2, -0.15) is 0 Å². The lowest BCUT2D eigenvalue weighted by Crippen LogP contribution is -2.46. The van der Waals surface area contributed by atoms with E-state index in [1.54, 1.807) is 12.1 Å². The van der Waals surface area contributed by atoms with Gasteiger partial charge in [-0.3, -0.25) is 24.5 Å². The maximum absolute atomic E-state index is 13.1. The number of aromatic nitrogens is 1. The molecule has 0 bridgehead atoms. The number of benzene rings is 1. The Bertz CT molecular complexity index is 1220. The zero-order valence-electron chi connectivity index (χ0n) is 18.4. The molecule has 34 heavy (non-hydrogen) atoms. The van der Waals surface area contributed by atoms with Crippen molar-refractivity contribution in [3.63, 3.8) is 0 Å². The molecule has 1 heterocycles. The van der Waals surface area contributed by atoms with E-state index in [0.29, 0.717) is 29.9 Å². The SMILES string of the molecule is COc1ccc(N(C(=O)C(=O)Nc2nc(CC(=O)O)c(S(C)(=O)=O)s2)C(=O)C2CCCC2)cc1. The Morgan fingerprint density at radius 2 is 1.79 bits per heavy atom. The van der Waals surface area contributed by atoms with Crippen LogP contribution in [-0.4, -0.2) is 55.6 Å². The lowest BCUT2D eigenvalue weighted by Gasteiger charge is -2.23. The molecule has 1 aromatic heterocycles. The maximum atomic E-state index is 13.1. The molecule has 2 N–H and O–H groups in total. The summed E-state index contributed by atoms with van der Waals surface area (Å²) in [5.41, 5.74) is -0.0721. The molecular formula is C21H23N3O8S2. The van der Waals surface area contributed by atoms with E-state index in [1.807, 2.05) is 0 Å². The minimum Gasteiger partial charge on any atom is -0.497 e. The Labute approximate surface area is 199 Å². The molecule has 1 aliphatic rings. The second-order valence-electron chi connectivity index (χ2n) is 7.71. The average Bonchev–Trinajstić information content (AvgIpc) is 3.44. The Morgan fingerprint density at radius 3 is 2.32 bits per heavy atom. The van der Waals surface area contributed by atoms with Gasteiger partial charge in [0.05, 0.1) is 24.9 Å². The van der Waals surface area contributed by atoms with Gasteiger partial charge < -0.3 is 9.84 Å². The van der Waals surface area contributed by atoms with Gasteiger partial charge in [-0.15, -0.1) is 0 Å². The van der Waals surface area contributed by atoms with Crippen molar-refractivity contribution in [1.82, 2.24) is 4.98 Å². The van der Waals surface area contributed by atoms with E-state index in [2.05, 4.69) is 10.3 Å². The molecule has 0 atom stereocenters. The van der Waals surface area contributed by atoms with Gasteiger partial charge in [-0.05, 0) is 37.1 Å². The molecular weight excluding hydrogens is 486 g/mol. The quantitative estimate of drug-likeness (QED) is 0.531. The molecule has 1 aliphatic carbocycles. The number of nitrogens with one attached hydrogen (secondary N) is 1. The van der Waals surface area contributed by atoms with Gasteiger partial charge >= 0.3 is 17.8 Å². The smallest absolute Gasteiger partial charge is 0.323 e. The number of imide groups is 1. The lowest BCUT2D eigenvalue weighted by molar-refractivity contribution is -0.138. The highest BCUT2D eigenvalue weighted by atomic mass is 32.2. The molecule has 1 fully saturated rings. The predicted octanol–water partition coefficient (Wildman–Crippen LogP) is 1.87. The van der Waals surface area contributed by atoms with E-state index in [-0.39, 0.29) is 20.7 Å². The van der Waals surface area contributed by atoms with Gasteiger partial charge in [-0.1, -0.05) is 24.2 Å². The average molecular weight is 510 g/mol. The van der Waals surface area contributed by atoms with E-state index in [0.717, 1.165) is 24.0 Å². The van der Waals surface area contributed by atoms with Gasteiger partial charge in [0.25, 0.3) is 0 Å². The number of hydrogen-bond donors (Lipinski definition) is 2. The molecule has 182 valence electrons. The fraction of sp³-hybridized carbons (Fsp3) is 0.381. The van der Waals surface area contributed by atoms with Crippen LogP contribution in [0.5, 0.6) is 5.75 Å². The minimum atomic E-state index is -3.82. The number of hydrogen-bond acceptors (Lipinski definition) is 9. The molecule has 3 rings (SSSR count). The first-order valence-corrected chi connectivity index (χ1v) is 13.0. The predicted molar refractivity (Wildman–Crippen MR) is 123 cm³/mol. The van der Waals surface area contributed by atoms with Crippen molar-refractivity contribution in [3.8, 4) is 5.75 Å². The van der Waals surface area contributed by atoms with Gasteiger partial charge in [0.2, 0.25) is 5.91 Å². The molecule has 0 radical (unpaired) electrons. The first-order chi connectivity index (χ1) is 16.0. The topological polar surface area (TPSA) is 160 Å². The van der Waals surface area contributed by atoms with Crippen LogP contribution in [0.25, 0.3) is 0 Å². The van der Waals surface area contributed by atoms with Crippen LogP contribution < -0.4 is 15.0 Å². The maximum Gasteiger partial charge on any atom is 0.323 e. The van der Waals surface area contributed by atoms with Crippen LogP contribution in [-0.2, 0) is 35.4 Å². The fourth-order valence-electron chi connectivity index (χ4n) is 3.62. The van der Waals surface area contributed by atoms with Crippen LogP contribution in [0.15, 0.2) is 28.5 Å². The van der Waals surface area contributed by atoms with Gasteiger partial charge in [0.15, 0.2) is 15.0 Å². The summed E-state index contributed by atoms with van der Waals surface area (Å²) in [5, 5.41) is 11.0. The number of amides is 3. The van der Waals surface area contributed by atoms with Crippen LogP contribution in [0.3, 0.4) is 0 Å². The number of anilines is 2. The number of thiazole rings is 1. The normalized spacial score (nSPS) is 13.9. The zero-order valence-corrected chi connectivity index (χ0v) is 20.1. The summed E-state index contributed by atoms with van der Waals surface area (Å²) >= 11 is 0.534. The van der Waals surface area contributed by atoms with Gasteiger partial charge in [0.1, 0.15) is 9.96 Å². The largest absolute Gasteiger partial charge is 0.497 e. The number of nitrogens with zero attached hydrogens (tertiary/aromatic N) is 2. The minimum absolute atomic E-state index is 0.181. The third kappa shape index (κ3) is 5.78. The number of carbonyl (C=O) groups is 4. The number of aliphatic carboxylic acids is 1. The molecule has 0 saturated heterocycles. The number of sulfone groups is 1. The van der Waals surface area contributed by atoms with E-state index in [1.165, 1.54) is 19.2 Å². The van der Waals surface area contributed by atoms with Crippen molar-refractivity contribution >= 4 is 55.7 Å². The second kappa shape index (κ2) is 10.3. The Kier molecular flexibility index (Phi) is 7.67. The summed E-state index contributed by atoms with van der Waals surface area (Å²) in [6, 6.07) is 6.06. The molecule has 3 amide bonds. The van der Waals surface area contributed by atoms with Crippen molar-refractivity contribution in [2.45, 2.75) is 36.3 Å². The van der Waals surface area contributed by atoms with E-state index < -0.39 is 45.9 Å². The zero-order chi connectivity index (χ0) is 25.0. The Hall–Kier alpha value is -3.32. The van der Waals surface area contributed by atoms with Crippen LogP contribution >= 0.6 is 11.3 Å². The van der Waals surface area contributed by atoms with Crippen LogP contribution in [0, 0.1) is 5.92 Å². The highest BCUT2D eigenvalue weighted by molar-refractivity contribution is 7.92. The Balaban J connectivity index is 1.90. The molecule has 1 saturated carbocycles. The number of carboxylic acids is 1. The fourth-order valence-corrected chi connectivity index (χ4v) is 5.72. The van der Waals surface area contributed by atoms with Gasteiger partial charge in [0, 0.05) is 12.2 Å². The molecule has 0 unspecified atom stereocenters. The second-order valence-corrected chi connectivity index (χ2v) is 10.9. The van der Waals surface area contributed by atoms with Crippen LogP contribution in [0.2, 0.25) is 0 Å². The molecule has 13 heteroatoms. The lowest BCUT2D eigenvalue weighted by atomic mass is 10.1. The molecule has 2 aromatic rings. The van der Waals surface area contributed by atoms with E-state index >= 15 is 0 Å². The van der Waals surface area contributed by atoms with E-state index in [4.69, 9.17) is 9.84 Å². The third-order valence-corrected chi connectivity index (χ3v) is 8.07. The van der Waals surface area contributed by atoms with Crippen molar-refractivity contribution in [2.24, 2.45) is 5.92 Å². The highest BCUT2D eigenvalue weighted by Crippen LogP contribution is 2.31. The summed E-state index contributed by atoms with van der Waals surface area (Å²) in [6.07, 6.45) is 3.08. The monoisotopic (exact) mass is 509 g/mol. The summed E-state index contributed by atoms with van der Waals surface area (Å²) < 4.78 is 28.7. The van der Waals surface area contributed by atoms with Crippen molar-refractivity contribution in [1.29, 1.82) is 0 Å². The van der Waals surface area contributed by atoms with Crippen molar-refractivity contribution in [3.05, 3.63) is 30.0 Å². The standard InChI is InChI=1S/C21H23N3O8S2/c1-32-14-9-7-13(8-10-14)24(18(28)12-5-3-4-6-12)19(29)17(27)23-21-22-15(11-16(25)26)20(33-21)34(2,30)31/h7-10,12H,3-6,11H2,1-2H3,(H,25,26)(H,22,23,27). The number of ether oxygens (including phenoxy) is 1. The molecule has 1 aromatic carbocycles. The molecule has 0 aliphatic heterocycles. The molecule has 11 nitrogen and oxygen atoms in total. The summed E-state index contributed by atoms with van der Waals surface area (Å²) in [7, 11) is -2.36. The summed E-state index contributed by atoms with van der Waals surface area (Å²) in [5.74, 6) is -4.10. The van der Waals surface area contributed by atoms with Gasteiger partial charge in [-0.25, -0.2) is 18.3 Å². The van der Waals surface area contributed by atoms with Crippen molar-refractivity contribution in [2.75, 3.05) is 23.6 Å². The first-order valence-electron chi connectivity index (χ1n) is 10.3. The van der Waals surface area contributed by atoms with Crippen molar-refractivity contribution < 1.29 is 37.4 Å². The number of carboxylic acid groups (broad SMARTS) is 1. The third-order valence-electron chi connectivity index (χ3n) is 5.19. The summed E-state index contributed by atoms with van der Waals surface area (Å²) in [4.78, 5) is 54.7. The summed E-state index contributed by atoms with van der Waals surface area (Å²) in [6.45, 7) is 0. The molecule has 0 spiro atoms. The van der Waals surface area contributed by atoms with E-state index in [9.17, 15) is 27.6 Å². The number of rotatable bonds is 7. The Morgan fingerprint density at radius 1 is 1.18 bits per heavy atom. The van der Waals surface area contributed by atoms with Crippen LogP contribution in [0.4, 0.5) is 10.8 Å². The first kappa shape index (κ1) is 25.3. The number of methoxy groups -OCH3 is 1. The van der Waals surface area contributed by atoms with Crippen LogP contribution in [0.1, 0.15) is 31.4 Å².